The van der Waals surface area contributed by atoms with Crippen molar-refractivity contribution in [3.63, 3.8) is 0 Å². The number of carbonyl (C=O) groups is 2. The molecular formula is C14H17NO4. The van der Waals surface area contributed by atoms with E-state index >= 15 is 0 Å². The lowest BCUT2D eigenvalue weighted by atomic mass is 10.0. The summed E-state index contributed by atoms with van der Waals surface area (Å²) in [7, 11) is 0. The van der Waals surface area contributed by atoms with Gasteiger partial charge in [0.25, 0.3) is 5.91 Å². The molecule has 0 aliphatic carbocycles. The maximum atomic E-state index is 12.4. The molecular weight excluding hydrogens is 246 g/mol. The normalized spacial score (nSPS) is 22.6. The molecule has 2 N–H and O–H groups in total. The number of nitrogens with zero attached hydrogens (tertiary/aromatic N) is 1. The van der Waals surface area contributed by atoms with Crippen molar-refractivity contribution in [1.82, 2.24) is 4.90 Å². The van der Waals surface area contributed by atoms with Crippen LogP contribution in [0, 0.1) is 13.8 Å². The molecule has 0 spiro atoms. The molecule has 1 fully saturated rings. The van der Waals surface area contributed by atoms with Crippen LogP contribution in [-0.4, -0.2) is 45.7 Å². The molecule has 0 unspecified atom stereocenters. The van der Waals surface area contributed by atoms with Crippen LogP contribution in [0.2, 0.25) is 0 Å². The van der Waals surface area contributed by atoms with Crippen LogP contribution in [0.4, 0.5) is 0 Å². The Bertz CT molecular complexity index is 526. The van der Waals surface area contributed by atoms with Gasteiger partial charge < -0.3 is 15.1 Å². The van der Waals surface area contributed by atoms with Gasteiger partial charge in [0, 0.05) is 18.5 Å². The standard InChI is InChI=1S/C14H17NO4/c1-8-3-4-9(2)11(5-8)13(17)15-7-10(16)6-12(15)14(18)19/h3-5,10,12,16H,6-7H2,1-2H3,(H,18,19)/t10-,12-/m1/s1. The maximum Gasteiger partial charge on any atom is 0.326 e. The largest absolute Gasteiger partial charge is 0.480 e. The molecule has 2 rings (SSSR count). The van der Waals surface area contributed by atoms with E-state index in [1.165, 1.54) is 4.90 Å². The average molecular weight is 263 g/mol. The molecule has 0 saturated carbocycles. The van der Waals surface area contributed by atoms with Crippen LogP contribution in [0.15, 0.2) is 18.2 Å². The van der Waals surface area contributed by atoms with Gasteiger partial charge >= 0.3 is 5.97 Å². The Labute approximate surface area is 111 Å². The Hall–Kier alpha value is -1.88. The fourth-order valence-electron chi connectivity index (χ4n) is 2.39. The van der Waals surface area contributed by atoms with Crippen LogP contribution >= 0.6 is 0 Å². The zero-order valence-corrected chi connectivity index (χ0v) is 11.0. The van der Waals surface area contributed by atoms with Crippen LogP contribution in [0.25, 0.3) is 0 Å². The van der Waals surface area contributed by atoms with Gasteiger partial charge in [0.1, 0.15) is 6.04 Å². The number of aliphatic hydroxyl groups is 1. The minimum Gasteiger partial charge on any atom is -0.480 e. The van der Waals surface area contributed by atoms with Crippen LogP contribution < -0.4 is 0 Å². The van der Waals surface area contributed by atoms with Gasteiger partial charge in [-0.25, -0.2) is 4.79 Å². The van der Waals surface area contributed by atoms with Gasteiger partial charge in [-0.05, 0) is 25.5 Å². The highest BCUT2D eigenvalue weighted by molar-refractivity contribution is 5.98. The lowest BCUT2D eigenvalue weighted by Gasteiger charge is -2.22. The fourth-order valence-corrected chi connectivity index (χ4v) is 2.39. The van der Waals surface area contributed by atoms with Crippen LogP contribution in [0.5, 0.6) is 0 Å². The minimum atomic E-state index is -1.07. The van der Waals surface area contributed by atoms with E-state index < -0.39 is 18.1 Å². The van der Waals surface area contributed by atoms with Crippen molar-refractivity contribution in [1.29, 1.82) is 0 Å². The van der Waals surface area contributed by atoms with Crippen molar-refractivity contribution in [2.45, 2.75) is 32.4 Å². The van der Waals surface area contributed by atoms with Crippen molar-refractivity contribution in [2.24, 2.45) is 0 Å². The van der Waals surface area contributed by atoms with Gasteiger partial charge in [-0.3, -0.25) is 4.79 Å². The highest BCUT2D eigenvalue weighted by Crippen LogP contribution is 2.22. The van der Waals surface area contributed by atoms with E-state index in [0.29, 0.717) is 5.56 Å². The summed E-state index contributed by atoms with van der Waals surface area (Å²) in [5.41, 5.74) is 2.25. The number of benzene rings is 1. The predicted octanol–water partition coefficient (Wildman–Crippen LogP) is 0.963. The molecule has 1 aliphatic heterocycles. The van der Waals surface area contributed by atoms with Crippen LogP contribution in [-0.2, 0) is 4.79 Å². The number of aliphatic carboxylic acids is 1. The third kappa shape index (κ3) is 2.61. The van der Waals surface area contributed by atoms with Crippen molar-refractivity contribution in [3.05, 3.63) is 34.9 Å². The Kier molecular flexibility index (Phi) is 3.57. The van der Waals surface area contributed by atoms with Gasteiger partial charge in [0.05, 0.1) is 6.10 Å². The molecule has 1 heterocycles. The van der Waals surface area contributed by atoms with E-state index in [1.54, 1.807) is 6.07 Å². The summed E-state index contributed by atoms with van der Waals surface area (Å²) >= 11 is 0. The van der Waals surface area contributed by atoms with E-state index in [-0.39, 0.29) is 18.9 Å². The molecule has 102 valence electrons. The fraction of sp³-hybridized carbons (Fsp3) is 0.429. The predicted molar refractivity (Wildman–Crippen MR) is 69.0 cm³/mol. The number of β-amino-alcohol motifs (C(OH)–C–C–N with tert-alkyl or cyclic N) is 1. The first-order valence-electron chi connectivity index (χ1n) is 6.19. The summed E-state index contributed by atoms with van der Waals surface area (Å²) in [5, 5.41) is 18.7. The third-order valence-corrected chi connectivity index (χ3v) is 3.45. The number of aryl methyl sites for hydroxylation is 2. The van der Waals surface area contributed by atoms with Gasteiger partial charge in [-0.2, -0.15) is 0 Å². The number of carbonyl (C=O) groups excluding carboxylic acids is 1. The summed E-state index contributed by atoms with van der Waals surface area (Å²) in [6.45, 7) is 3.77. The Morgan fingerprint density at radius 1 is 1.32 bits per heavy atom. The summed E-state index contributed by atoms with van der Waals surface area (Å²) in [5.74, 6) is -1.40. The summed E-state index contributed by atoms with van der Waals surface area (Å²) in [6, 6.07) is 4.55. The quantitative estimate of drug-likeness (QED) is 0.833. The van der Waals surface area contributed by atoms with Gasteiger partial charge in [0.15, 0.2) is 0 Å². The SMILES string of the molecule is Cc1ccc(C)c(C(=O)N2C[C@H](O)C[C@@H]2C(=O)O)c1. The molecule has 1 amide bonds. The van der Waals surface area contributed by atoms with E-state index in [2.05, 4.69) is 0 Å². The zero-order valence-electron chi connectivity index (χ0n) is 11.0. The molecule has 1 saturated heterocycles. The van der Waals surface area contributed by atoms with E-state index in [4.69, 9.17) is 5.11 Å². The highest BCUT2D eigenvalue weighted by atomic mass is 16.4. The number of amides is 1. The van der Waals surface area contributed by atoms with Gasteiger partial charge in [-0.15, -0.1) is 0 Å². The number of rotatable bonds is 2. The number of aliphatic hydroxyl groups excluding tert-OH is 1. The molecule has 1 aliphatic rings. The van der Waals surface area contributed by atoms with Gasteiger partial charge in [0.2, 0.25) is 0 Å². The second kappa shape index (κ2) is 5.01. The molecule has 5 heteroatoms. The number of hydrogen-bond acceptors (Lipinski definition) is 3. The third-order valence-electron chi connectivity index (χ3n) is 3.45. The van der Waals surface area contributed by atoms with Crippen LogP contribution in [0.3, 0.4) is 0 Å². The van der Waals surface area contributed by atoms with E-state index in [0.717, 1.165) is 11.1 Å². The average Bonchev–Trinajstić information content (AvgIpc) is 2.74. The zero-order chi connectivity index (χ0) is 14.2. The smallest absolute Gasteiger partial charge is 0.326 e. The second-order valence-electron chi connectivity index (χ2n) is 5.02. The topological polar surface area (TPSA) is 77.8 Å². The van der Waals surface area contributed by atoms with Crippen molar-refractivity contribution in [2.75, 3.05) is 6.54 Å². The monoisotopic (exact) mass is 263 g/mol. The number of carboxylic acids is 1. The van der Waals surface area contributed by atoms with Gasteiger partial charge in [-0.1, -0.05) is 17.7 Å². The molecule has 1 aromatic carbocycles. The summed E-state index contributed by atoms with van der Waals surface area (Å²) in [4.78, 5) is 24.8. The summed E-state index contributed by atoms with van der Waals surface area (Å²) in [6.07, 6.45) is -0.679. The minimum absolute atomic E-state index is 0.0726. The Balaban J connectivity index is 2.33. The molecule has 5 nitrogen and oxygen atoms in total. The van der Waals surface area contributed by atoms with Crippen molar-refractivity contribution >= 4 is 11.9 Å². The number of hydrogen-bond donors (Lipinski definition) is 2. The van der Waals surface area contributed by atoms with Crippen molar-refractivity contribution < 1.29 is 19.8 Å². The Morgan fingerprint density at radius 3 is 2.63 bits per heavy atom. The highest BCUT2D eigenvalue weighted by Gasteiger charge is 2.39. The molecule has 2 atom stereocenters. The Morgan fingerprint density at radius 2 is 2.00 bits per heavy atom. The molecule has 0 aromatic heterocycles. The maximum absolute atomic E-state index is 12.4. The molecule has 19 heavy (non-hydrogen) atoms. The second-order valence-corrected chi connectivity index (χ2v) is 5.02. The summed E-state index contributed by atoms with van der Waals surface area (Å²) < 4.78 is 0. The molecule has 0 bridgehead atoms. The first kappa shape index (κ1) is 13.5. The lowest BCUT2D eigenvalue weighted by molar-refractivity contribution is -0.141. The van der Waals surface area contributed by atoms with Crippen LogP contribution in [0.1, 0.15) is 27.9 Å². The van der Waals surface area contributed by atoms with E-state index in [9.17, 15) is 14.7 Å². The first-order chi connectivity index (χ1) is 8.90. The first-order valence-corrected chi connectivity index (χ1v) is 6.19. The molecule has 0 radical (unpaired) electrons. The number of carboxylic acid groups (broad SMARTS) is 1. The number of likely N-dealkylation sites (tertiary alicyclic amines) is 1. The lowest BCUT2D eigenvalue weighted by Crippen LogP contribution is -2.40. The van der Waals surface area contributed by atoms with Crippen molar-refractivity contribution in [3.8, 4) is 0 Å². The molecule has 1 aromatic rings. The van der Waals surface area contributed by atoms with E-state index in [1.807, 2.05) is 26.0 Å².